The van der Waals surface area contributed by atoms with E-state index in [0.717, 1.165) is 0 Å². The van der Waals surface area contributed by atoms with Gasteiger partial charge in [0.25, 0.3) is 0 Å². The summed E-state index contributed by atoms with van der Waals surface area (Å²) in [5.41, 5.74) is 0. The molecule has 2 aliphatic rings. The Balaban J connectivity index is 2.22. The van der Waals surface area contributed by atoms with Crippen molar-refractivity contribution in [1.29, 1.82) is 0 Å². The minimum absolute atomic E-state index is 0.463. The van der Waals surface area contributed by atoms with Gasteiger partial charge in [0.1, 0.15) is 12.2 Å². The summed E-state index contributed by atoms with van der Waals surface area (Å²) in [4.78, 5) is 0. The molecule has 2 fully saturated rings. The zero-order valence-electron chi connectivity index (χ0n) is 5.63. The van der Waals surface area contributed by atoms with E-state index in [2.05, 4.69) is 8.37 Å². The summed E-state index contributed by atoms with van der Waals surface area (Å²) in [6.07, 6.45) is -0.733. The van der Waals surface area contributed by atoms with Crippen LogP contribution in [0.1, 0.15) is 12.8 Å². The van der Waals surface area contributed by atoms with Crippen molar-refractivity contribution in [3.63, 3.8) is 0 Å². The average molecular weight is 180 g/mol. The molecular weight excluding hydrogens is 172 g/mol. The highest BCUT2D eigenvalue weighted by atomic mass is 32.3. The maximum absolute atomic E-state index is 10.6. The number of aliphatic hydroxyl groups excluding tert-OH is 1. The second-order valence-electron chi connectivity index (χ2n) is 2.75. The van der Waals surface area contributed by atoms with Crippen molar-refractivity contribution in [3.05, 3.63) is 0 Å². The van der Waals surface area contributed by atoms with Gasteiger partial charge in [-0.15, -0.1) is 0 Å². The molecule has 0 unspecified atom stereocenters. The third kappa shape index (κ3) is 1.16. The first-order valence-electron chi connectivity index (χ1n) is 3.38. The molecule has 1 saturated heterocycles. The van der Waals surface area contributed by atoms with Crippen LogP contribution in [0.2, 0.25) is 0 Å². The molecule has 6 heteroatoms. The van der Waals surface area contributed by atoms with Crippen molar-refractivity contribution >= 4 is 10.4 Å². The summed E-state index contributed by atoms with van der Waals surface area (Å²) in [6.45, 7) is 0. The van der Waals surface area contributed by atoms with Crippen LogP contribution in [0.25, 0.3) is 0 Å². The lowest BCUT2D eigenvalue weighted by Gasteiger charge is -2.06. The summed E-state index contributed by atoms with van der Waals surface area (Å²) in [6, 6.07) is 0. The highest BCUT2D eigenvalue weighted by Gasteiger charge is 2.48. The van der Waals surface area contributed by atoms with Crippen LogP contribution < -0.4 is 0 Å². The molecule has 0 bridgehead atoms. The predicted octanol–water partition coefficient (Wildman–Crippen LogP) is -0.830. The van der Waals surface area contributed by atoms with Gasteiger partial charge >= 0.3 is 10.4 Å². The second kappa shape index (κ2) is 2.16. The Morgan fingerprint density at radius 1 is 1.27 bits per heavy atom. The summed E-state index contributed by atoms with van der Waals surface area (Å²) in [5, 5.41) is 9.16. The Bertz CT molecular complexity index is 258. The normalized spacial score (nSPS) is 47.5. The van der Waals surface area contributed by atoms with Crippen LogP contribution in [0.15, 0.2) is 0 Å². The third-order valence-corrected chi connectivity index (χ3v) is 2.90. The van der Waals surface area contributed by atoms with Crippen LogP contribution in [0.3, 0.4) is 0 Å². The molecule has 0 radical (unpaired) electrons. The van der Waals surface area contributed by atoms with Gasteiger partial charge in [-0.2, -0.15) is 8.42 Å². The van der Waals surface area contributed by atoms with Gasteiger partial charge in [-0.05, 0) is 12.8 Å². The van der Waals surface area contributed by atoms with Gasteiger partial charge in [-0.25, -0.2) is 8.37 Å². The zero-order valence-corrected chi connectivity index (χ0v) is 6.45. The minimum atomic E-state index is -3.80. The second-order valence-corrected chi connectivity index (χ2v) is 3.95. The van der Waals surface area contributed by atoms with Crippen LogP contribution >= 0.6 is 0 Å². The lowest BCUT2D eigenvalue weighted by molar-refractivity contribution is 0.0609. The summed E-state index contributed by atoms with van der Waals surface area (Å²) in [5.74, 6) is 0. The van der Waals surface area contributed by atoms with Crippen molar-refractivity contribution in [1.82, 2.24) is 0 Å². The quantitative estimate of drug-likeness (QED) is 0.526. The van der Waals surface area contributed by atoms with Crippen LogP contribution in [0, 0.1) is 0 Å². The maximum Gasteiger partial charge on any atom is 0.400 e. The van der Waals surface area contributed by atoms with E-state index in [1.807, 2.05) is 0 Å². The van der Waals surface area contributed by atoms with Gasteiger partial charge in [0.15, 0.2) is 0 Å². The standard InChI is InChI=1S/C5H8O5S/c6-3-1-2-4-5(3)10-11(7,8)9-4/h3-6H,1-2H2/t3-,4-,5+/m1/s1. The Morgan fingerprint density at radius 3 is 2.64 bits per heavy atom. The van der Waals surface area contributed by atoms with E-state index >= 15 is 0 Å². The monoisotopic (exact) mass is 180 g/mol. The molecule has 5 nitrogen and oxygen atoms in total. The lowest BCUT2D eigenvalue weighted by atomic mass is 10.2. The van der Waals surface area contributed by atoms with Gasteiger partial charge in [0, 0.05) is 0 Å². The fourth-order valence-corrected chi connectivity index (χ4v) is 2.53. The number of fused-ring (bicyclic) bond motifs is 1. The summed E-state index contributed by atoms with van der Waals surface area (Å²) < 4.78 is 30.3. The molecule has 0 aromatic carbocycles. The van der Waals surface area contributed by atoms with Crippen LogP contribution in [0.4, 0.5) is 0 Å². The van der Waals surface area contributed by atoms with E-state index in [9.17, 15) is 8.42 Å². The first-order valence-corrected chi connectivity index (χ1v) is 4.71. The van der Waals surface area contributed by atoms with Crippen molar-refractivity contribution < 1.29 is 21.9 Å². The van der Waals surface area contributed by atoms with Crippen LogP contribution in [-0.2, 0) is 18.8 Å². The van der Waals surface area contributed by atoms with E-state index in [1.54, 1.807) is 0 Å². The molecule has 1 N–H and O–H groups in total. The lowest BCUT2D eigenvalue weighted by Crippen LogP contribution is -2.25. The van der Waals surface area contributed by atoms with Crippen LogP contribution in [-0.4, -0.2) is 31.8 Å². The van der Waals surface area contributed by atoms with Gasteiger partial charge in [-0.3, -0.25) is 0 Å². The molecule has 64 valence electrons. The molecule has 0 spiro atoms. The minimum Gasteiger partial charge on any atom is -0.390 e. The van der Waals surface area contributed by atoms with E-state index in [0.29, 0.717) is 12.8 Å². The smallest absolute Gasteiger partial charge is 0.390 e. The van der Waals surface area contributed by atoms with Crippen molar-refractivity contribution in [2.75, 3.05) is 0 Å². The van der Waals surface area contributed by atoms with Gasteiger partial charge in [-0.1, -0.05) is 0 Å². The highest BCUT2D eigenvalue weighted by Crippen LogP contribution is 2.33. The molecular formula is C5H8O5S. The number of hydrogen-bond donors (Lipinski definition) is 1. The number of aliphatic hydroxyl groups is 1. The summed E-state index contributed by atoms with van der Waals surface area (Å²) >= 11 is 0. The number of rotatable bonds is 0. The fourth-order valence-electron chi connectivity index (χ4n) is 1.45. The molecule has 3 atom stereocenters. The molecule has 0 amide bonds. The molecule has 1 saturated carbocycles. The Labute approximate surface area is 64.3 Å². The molecule has 1 heterocycles. The third-order valence-electron chi connectivity index (χ3n) is 1.96. The molecule has 11 heavy (non-hydrogen) atoms. The topological polar surface area (TPSA) is 72.8 Å². The van der Waals surface area contributed by atoms with Gasteiger partial charge in [0.05, 0.1) is 6.10 Å². The van der Waals surface area contributed by atoms with E-state index in [-0.39, 0.29) is 0 Å². The SMILES string of the molecule is O=S1(=O)O[C@H]2[C@H](O)CC[C@H]2O1. The fraction of sp³-hybridized carbons (Fsp3) is 1.00. The molecule has 0 aromatic rings. The van der Waals surface area contributed by atoms with E-state index in [4.69, 9.17) is 5.11 Å². The average Bonchev–Trinajstić information content (AvgIpc) is 2.31. The molecule has 2 rings (SSSR count). The molecule has 1 aliphatic heterocycles. The summed E-state index contributed by atoms with van der Waals surface area (Å²) in [7, 11) is -3.80. The maximum atomic E-state index is 10.6. The highest BCUT2D eigenvalue weighted by molar-refractivity contribution is 7.82. The Hall–Kier alpha value is -0.170. The number of hydrogen-bond acceptors (Lipinski definition) is 5. The first kappa shape index (κ1) is 7.48. The van der Waals surface area contributed by atoms with Crippen molar-refractivity contribution in [2.24, 2.45) is 0 Å². The van der Waals surface area contributed by atoms with Gasteiger partial charge in [0.2, 0.25) is 0 Å². The Kier molecular flexibility index (Phi) is 1.47. The van der Waals surface area contributed by atoms with Gasteiger partial charge < -0.3 is 5.11 Å². The van der Waals surface area contributed by atoms with Crippen molar-refractivity contribution in [3.8, 4) is 0 Å². The largest absolute Gasteiger partial charge is 0.400 e. The van der Waals surface area contributed by atoms with E-state index in [1.165, 1.54) is 0 Å². The zero-order chi connectivity index (χ0) is 8.06. The first-order chi connectivity index (χ1) is 5.08. The predicted molar refractivity (Wildman–Crippen MR) is 33.9 cm³/mol. The van der Waals surface area contributed by atoms with E-state index < -0.39 is 28.7 Å². The van der Waals surface area contributed by atoms with Crippen LogP contribution in [0.5, 0.6) is 0 Å². The Morgan fingerprint density at radius 2 is 2.00 bits per heavy atom. The molecule has 1 aliphatic carbocycles. The molecule has 0 aromatic heterocycles. The van der Waals surface area contributed by atoms with Crippen molar-refractivity contribution in [2.45, 2.75) is 31.2 Å².